The Labute approximate surface area is 91.2 Å². The average molecular weight is 203 g/mol. The molecule has 0 saturated carbocycles. The molecule has 1 unspecified atom stereocenters. The number of benzene rings is 1. The molecule has 0 saturated heterocycles. The number of nitrogens with zero attached hydrogens (tertiary/aromatic N) is 1. The predicted octanol–water partition coefficient (Wildman–Crippen LogP) is 3.03. The molecular formula is C13H17NO. The lowest BCUT2D eigenvalue weighted by Crippen LogP contribution is -2.17. The van der Waals surface area contributed by atoms with E-state index >= 15 is 0 Å². The van der Waals surface area contributed by atoms with Gasteiger partial charge in [0, 0.05) is 12.6 Å². The molecule has 1 atom stereocenters. The highest BCUT2D eigenvalue weighted by atomic mass is 16.1. The van der Waals surface area contributed by atoms with Gasteiger partial charge in [0.2, 0.25) is 0 Å². The second-order valence-electron chi connectivity index (χ2n) is 3.67. The molecule has 0 amide bonds. The molecular weight excluding hydrogens is 186 g/mol. The number of carbonyl (C=O) groups is 1. The van der Waals surface area contributed by atoms with Crippen LogP contribution in [0.4, 0.5) is 0 Å². The molecule has 80 valence electrons. The lowest BCUT2D eigenvalue weighted by atomic mass is 9.98. The van der Waals surface area contributed by atoms with Crippen molar-refractivity contribution in [1.82, 2.24) is 4.90 Å². The van der Waals surface area contributed by atoms with Crippen LogP contribution in [0.2, 0.25) is 0 Å². The highest BCUT2D eigenvalue weighted by Gasteiger charge is 2.14. The Balaban J connectivity index is 3.12. The smallest absolute Gasteiger partial charge is 0.160 e. The summed E-state index contributed by atoms with van der Waals surface area (Å²) >= 11 is 0. The zero-order valence-electron chi connectivity index (χ0n) is 9.53. The molecule has 0 heterocycles. The first kappa shape index (κ1) is 11.5. The maximum atomic E-state index is 11.4. The maximum Gasteiger partial charge on any atom is 0.160 e. The molecule has 2 heteroatoms. The van der Waals surface area contributed by atoms with Crippen molar-refractivity contribution in [3.63, 3.8) is 0 Å². The SMILES string of the molecule is C=CN(C)C(C)c1ccccc1C(C)=O. The minimum atomic E-state index is 0.106. The third kappa shape index (κ3) is 2.46. The van der Waals surface area contributed by atoms with Gasteiger partial charge in [-0.05, 0) is 25.6 Å². The molecule has 0 fully saturated rings. The number of rotatable bonds is 4. The van der Waals surface area contributed by atoms with Crippen molar-refractivity contribution in [2.24, 2.45) is 0 Å². The summed E-state index contributed by atoms with van der Waals surface area (Å²) in [5.41, 5.74) is 1.84. The third-order valence-corrected chi connectivity index (χ3v) is 2.69. The van der Waals surface area contributed by atoms with E-state index in [1.807, 2.05) is 36.2 Å². The third-order valence-electron chi connectivity index (χ3n) is 2.69. The first-order chi connectivity index (χ1) is 7.07. The van der Waals surface area contributed by atoms with Crippen LogP contribution >= 0.6 is 0 Å². The molecule has 2 nitrogen and oxygen atoms in total. The molecule has 0 aliphatic carbocycles. The van der Waals surface area contributed by atoms with Gasteiger partial charge in [0.25, 0.3) is 0 Å². The molecule has 0 N–H and O–H groups in total. The summed E-state index contributed by atoms with van der Waals surface area (Å²) in [6.07, 6.45) is 1.77. The van der Waals surface area contributed by atoms with Gasteiger partial charge in [0.15, 0.2) is 5.78 Å². The lowest BCUT2D eigenvalue weighted by Gasteiger charge is -2.24. The van der Waals surface area contributed by atoms with Gasteiger partial charge >= 0.3 is 0 Å². The van der Waals surface area contributed by atoms with E-state index in [-0.39, 0.29) is 11.8 Å². The number of hydrogen-bond acceptors (Lipinski definition) is 2. The van der Waals surface area contributed by atoms with E-state index in [9.17, 15) is 4.79 Å². The molecule has 0 aromatic heterocycles. The van der Waals surface area contributed by atoms with Crippen molar-refractivity contribution >= 4 is 5.78 Å². The van der Waals surface area contributed by atoms with Crippen molar-refractivity contribution in [2.75, 3.05) is 7.05 Å². The summed E-state index contributed by atoms with van der Waals surface area (Å²) in [5.74, 6) is 0.106. The Morgan fingerprint density at radius 1 is 1.47 bits per heavy atom. The summed E-state index contributed by atoms with van der Waals surface area (Å²) in [7, 11) is 1.95. The normalized spacial score (nSPS) is 11.9. The monoisotopic (exact) mass is 203 g/mol. The van der Waals surface area contributed by atoms with E-state index in [0.717, 1.165) is 11.1 Å². The zero-order chi connectivity index (χ0) is 11.4. The Morgan fingerprint density at radius 3 is 2.60 bits per heavy atom. The van der Waals surface area contributed by atoms with Crippen LogP contribution in [0.5, 0.6) is 0 Å². The predicted molar refractivity (Wildman–Crippen MR) is 62.8 cm³/mol. The molecule has 0 bridgehead atoms. The number of Topliss-reactive ketones (excluding diaryl/α,β-unsaturated/α-hetero) is 1. The zero-order valence-corrected chi connectivity index (χ0v) is 9.53. The Hall–Kier alpha value is -1.57. The van der Waals surface area contributed by atoms with Crippen LogP contribution in [0, 0.1) is 0 Å². The molecule has 1 aromatic carbocycles. The van der Waals surface area contributed by atoms with Crippen LogP contribution in [0.25, 0.3) is 0 Å². The largest absolute Gasteiger partial charge is 0.374 e. The number of ketones is 1. The fraction of sp³-hybridized carbons (Fsp3) is 0.308. The van der Waals surface area contributed by atoms with Crippen molar-refractivity contribution in [3.05, 3.63) is 48.2 Å². The molecule has 0 aliphatic rings. The minimum absolute atomic E-state index is 0.106. The van der Waals surface area contributed by atoms with Crippen LogP contribution in [0.3, 0.4) is 0 Å². The van der Waals surface area contributed by atoms with Crippen LogP contribution in [-0.2, 0) is 0 Å². The molecule has 1 rings (SSSR count). The first-order valence-corrected chi connectivity index (χ1v) is 5.02. The van der Waals surface area contributed by atoms with Gasteiger partial charge in [-0.25, -0.2) is 0 Å². The van der Waals surface area contributed by atoms with Gasteiger partial charge in [-0.2, -0.15) is 0 Å². The molecule has 15 heavy (non-hydrogen) atoms. The summed E-state index contributed by atoms with van der Waals surface area (Å²) in [6, 6.07) is 7.87. The topological polar surface area (TPSA) is 20.3 Å². The Bertz CT molecular complexity index is 371. The van der Waals surface area contributed by atoms with E-state index in [0.29, 0.717) is 0 Å². The van der Waals surface area contributed by atoms with Crippen molar-refractivity contribution in [3.8, 4) is 0 Å². The van der Waals surface area contributed by atoms with E-state index in [1.54, 1.807) is 13.1 Å². The fourth-order valence-electron chi connectivity index (χ4n) is 1.56. The standard InChI is InChI=1S/C13H17NO/c1-5-14(4)10(2)12-8-6-7-9-13(12)11(3)15/h5-10H,1H2,2-4H3. The Kier molecular flexibility index (Phi) is 3.67. The van der Waals surface area contributed by atoms with Gasteiger partial charge in [-0.3, -0.25) is 4.79 Å². The van der Waals surface area contributed by atoms with Crippen LogP contribution in [-0.4, -0.2) is 17.7 Å². The number of hydrogen-bond donors (Lipinski definition) is 0. The van der Waals surface area contributed by atoms with Crippen LogP contribution < -0.4 is 0 Å². The van der Waals surface area contributed by atoms with E-state index in [1.165, 1.54) is 0 Å². The van der Waals surface area contributed by atoms with Gasteiger partial charge in [0.1, 0.15) is 0 Å². The Morgan fingerprint density at radius 2 is 2.07 bits per heavy atom. The average Bonchev–Trinajstić information content (AvgIpc) is 2.27. The van der Waals surface area contributed by atoms with Crippen LogP contribution in [0.15, 0.2) is 37.0 Å². The quantitative estimate of drug-likeness (QED) is 0.701. The van der Waals surface area contributed by atoms with E-state index in [4.69, 9.17) is 0 Å². The van der Waals surface area contributed by atoms with Gasteiger partial charge in [-0.1, -0.05) is 30.8 Å². The van der Waals surface area contributed by atoms with Crippen LogP contribution in [0.1, 0.15) is 35.8 Å². The second kappa shape index (κ2) is 4.78. The minimum Gasteiger partial charge on any atom is -0.374 e. The molecule has 0 spiro atoms. The summed E-state index contributed by atoms with van der Waals surface area (Å²) in [4.78, 5) is 13.4. The summed E-state index contributed by atoms with van der Waals surface area (Å²) in [6.45, 7) is 7.38. The van der Waals surface area contributed by atoms with Crippen molar-refractivity contribution in [1.29, 1.82) is 0 Å². The second-order valence-corrected chi connectivity index (χ2v) is 3.67. The first-order valence-electron chi connectivity index (χ1n) is 5.02. The van der Waals surface area contributed by atoms with E-state index in [2.05, 4.69) is 13.5 Å². The fourth-order valence-corrected chi connectivity index (χ4v) is 1.56. The van der Waals surface area contributed by atoms with Gasteiger partial charge in [0.05, 0.1) is 6.04 Å². The van der Waals surface area contributed by atoms with E-state index < -0.39 is 0 Å². The molecule has 0 aliphatic heterocycles. The number of carbonyl (C=O) groups excluding carboxylic acids is 1. The molecule has 0 radical (unpaired) electrons. The maximum absolute atomic E-state index is 11.4. The van der Waals surface area contributed by atoms with Gasteiger partial charge < -0.3 is 4.90 Å². The summed E-state index contributed by atoms with van der Waals surface area (Å²) < 4.78 is 0. The van der Waals surface area contributed by atoms with Crippen molar-refractivity contribution < 1.29 is 4.79 Å². The van der Waals surface area contributed by atoms with Crippen molar-refractivity contribution in [2.45, 2.75) is 19.9 Å². The summed E-state index contributed by atoms with van der Waals surface area (Å²) in [5, 5.41) is 0. The van der Waals surface area contributed by atoms with Gasteiger partial charge in [-0.15, -0.1) is 0 Å². The lowest BCUT2D eigenvalue weighted by molar-refractivity contribution is 0.101. The highest BCUT2D eigenvalue weighted by Crippen LogP contribution is 2.22. The molecule has 1 aromatic rings. The highest BCUT2D eigenvalue weighted by molar-refractivity contribution is 5.95.